The number of nitrogens with two attached hydrogens (primary N) is 1. The summed E-state index contributed by atoms with van der Waals surface area (Å²) in [6.45, 7) is 1.89. The molecule has 0 aliphatic rings. The zero-order valence-electron chi connectivity index (χ0n) is 10.00. The summed E-state index contributed by atoms with van der Waals surface area (Å²) in [6.07, 6.45) is 1.68. The largest absolute Gasteiger partial charge is 0.438 e. The van der Waals surface area contributed by atoms with Gasteiger partial charge in [0.1, 0.15) is 11.8 Å². The van der Waals surface area contributed by atoms with Gasteiger partial charge in [-0.3, -0.25) is 0 Å². The van der Waals surface area contributed by atoms with Crippen LogP contribution in [0, 0.1) is 11.3 Å². The predicted octanol–water partition coefficient (Wildman–Crippen LogP) is 2.77. The zero-order chi connectivity index (χ0) is 13.0. The molecule has 0 radical (unpaired) electrons. The molecule has 0 saturated carbocycles. The highest BCUT2D eigenvalue weighted by Crippen LogP contribution is 2.23. The van der Waals surface area contributed by atoms with Gasteiger partial charge in [0, 0.05) is 18.3 Å². The molecule has 0 aliphatic carbocycles. The molecule has 1 aromatic carbocycles. The van der Waals surface area contributed by atoms with Gasteiger partial charge in [0.05, 0.1) is 5.56 Å². The summed E-state index contributed by atoms with van der Waals surface area (Å²) in [4.78, 5) is 4.16. The second kappa shape index (κ2) is 5.30. The molecule has 18 heavy (non-hydrogen) atoms. The Morgan fingerprint density at radius 2 is 2.06 bits per heavy atom. The number of rotatable bonds is 3. The Labute approximate surface area is 106 Å². The Hall–Kier alpha value is -2.38. The van der Waals surface area contributed by atoms with Crippen LogP contribution in [-0.2, 0) is 0 Å². The van der Waals surface area contributed by atoms with E-state index in [9.17, 15) is 0 Å². The van der Waals surface area contributed by atoms with Gasteiger partial charge in [-0.25, -0.2) is 4.98 Å². The Kier molecular flexibility index (Phi) is 3.56. The van der Waals surface area contributed by atoms with E-state index < -0.39 is 0 Å². The maximum atomic E-state index is 8.95. The van der Waals surface area contributed by atoms with Gasteiger partial charge in [0.15, 0.2) is 0 Å². The maximum absolute atomic E-state index is 8.95. The lowest BCUT2D eigenvalue weighted by atomic mass is 10.2. The second-order valence-electron chi connectivity index (χ2n) is 3.93. The molecule has 0 amide bonds. The van der Waals surface area contributed by atoms with Crippen LogP contribution in [0.5, 0.6) is 11.6 Å². The number of para-hydroxylation sites is 1. The van der Waals surface area contributed by atoms with E-state index in [4.69, 9.17) is 15.7 Å². The average Bonchev–Trinajstić information content (AvgIpc) is 2.40. The third-order valence-electron chi connectivity index (χ3n) is 2.51. The van der Waals surface area contributed by atoms with Gasteiger partial charge < -0.3 is 10.5 Å². The van der Waals surface area contributed by atoms with Crippen LogP contribution in [0.4, 0.5) is 0 Å². The Bertz CT molecular complexity index is 570. The molecule has 0 aliphatic heterocycles. The van der Waals surface area contributed by atoms with Crippen molar-refractivity contribution in [2.75, 3.05) is 0 Å². The minimum absolute atomic E-state index is 0.0575. The SMILES string of the molecule is C[C@@H](N)c1ccc(Oc2ccccc2C#N)nc1. The van der Waals surface area contributed by atoms with Crippen molar-refractivity contribution >= 4 is 0 Å². The molecule has 4 nitrogen and oxygen atoms in total. The lowest BCUT2D eigenvalue weighted by Gasteiger charge is -2.08. The van der Waals surface area contributed by atoms with Crippen molar-refractivity contribution in [1.82, 2.24) is 4.98 Å². The molecule has 4 heteroatoms. The predicted molar refractivity (Wildman–Crippen MR) is 68.1 cm³/mol. The van der Waals surface area contributed by atoms with Crippen LogP contribution in [0.25, 0.3) is 0 Å². The van der Waals surface area contributed by atoms with Gasteiger partial charge in [-0.05, 0) is 24.6 Å². The smallest absolute Gasteiger partial charge is 0.219 e. The number of hydrogen-bond acceptors (Lipinski definition) is 4. The van der Waals surface area contributed by atoms with Crippen molar-refractivity contribution in [2.45, 2.75) is 13.0 Å². The Balaban J connectivity index is 2.22. The minimum atomic E-state index is -0.0575. The van der Waals surface area contributed by atoms with E-state index >= 15 is 0 Å². The molecule has 90 valence electrons. The molecule has 1 atom stereocenters. The van der Waals surface area contributed by atoms with Gasteiger partial charge in [-0.2, -0.15) is 5.26 Å². The number of aromatic nitrogens is 1. The monoisotopic (exact) mass is 239 g/mol. The summed E-state index contributed by atoms with van der Waals surface area (Å²) in [7, 11) is 0. The van der Waals surface area contributed by atoms with E-state index in [0.717, 1.165) is 5.56 Å². The van der Waals surface area contributed by atoms with Crippen molar-refractivity contribution in [1.29, 1.82) is 5.26 Å². The normalized spacial score (nSPS) is 11.6. The fraction of sp³-hybridized carbons (Fsp3) is 0.143. The quantitative estimate of drug-likeness (QED) is 0.893. The van der Waals surface area contributed by atoms with Crippen molar-refractivity contribution in [2.24, 2.45) is 5.73 Å². The van der Waals surface area contributed by atoms with Crippen LogP contribution in [-0.4, -0.2) is 4.98 Å². The third kappa shape index (κ3) is 2.65. The highest BCUT2D eigenvalue weighted by atomic mass is 16.5. The Morgan fingerprint density at radius 1 is 1.28 bits per heavy atom. The molecule has 0 fully saturated rings. The van der Waals surface area contributed by atoms with Crippen LogP contribution >= 0.6 is 0 Å². The lowest BCUT2D eigenvalue weighted by molar-refractivity contribution is 0.461. The standard InChI is InChI=1S/C14H13N3O/c1-10(16)12-6-7-14(17-9-12)18-13-5-3-2-4-11(13)8-15/h2-7,9-10H,16H2,1H3/t10-/m1/s1. The maximum Gasteiger partial charge on any atom is 0.219 e. The number of nitrogens with zero attached hydrogens (tertiary/aromatic N) is 2. The van der Waals surface area contributed by atoms with Crippen LogP contribution in [0.15, 0.2) is 42.6 Å². The highest BCUT2D eigenvalue weighted by molar-refractivity contribution is 5.44. The molecular weight excluding hydrogens is 226 g/mol. The molecule has 1 aromatic heterocycles. The molecule has 2 rings (SSSR count). The molecule has 2 N–H and O–H groups in total. The van der Waals surface area contributed by atoms with E-state index in [0.29, 0.717) is 17.2 Å². The zero-order valence-corrected chi connectivity index (χ0v) is 10.00. The minimum Gasteiger partial charge on any atom is -0.438 e. The topological polar surface area (TPSA) is 71.9 Å². The van der Waals surface area contributed by atoms with E-state index in [1.807, 2.05) is 19.1 Å². The van der Waals surface area contributed by atoms with E-state index in [1.54, 1.807) is 30.5 Å². The van der Waals surface area contributed by atoms with Crippen LogP contribution in [0.3, 0.4) is 0 Å². The van der Waals surface area contributed by atoms with Crippen molar-refractivity contribution in [3.05, 3.63) is 53.7 Å². The average molecular weight is 239 g/mol. The molecule has 0 spiro atoms. The fourth-order valence-corrected chi connectivity index (χ4v) is 1.48. The number of ether oxygens (including phenoxy) is 1. The van der Waals surface area contributed by atoms with Crippen LogP contribution in [0.1, 0.15) is 24.1 Å². The summed E-state index contributed by atoms with van der Waals surface area (Å²) >= 11 is 0. The number of hydrogen-bond donors (Lipinski definition) is 1. The second-order valence-corrected chi connectivity index (χ2v) is 3.93. The van der Waals surface area contributed by atoms with Crippen molar-refractivity contribution in [3.8, 4) is 17.7 Å². The first-order valence-electron chi connectivity index (χ1n) is 5.59. The first-order valence-corrected chi connectivity index (χ1v) is 5.59. The molecular formula is C14H13N3O. The molecule has 1 heterocycles. The third-order valence-corrected chi connectivity index (χ3v) is 2.51. The summed E-state index contributed by atoms with van der Waals surface area (Å²) in [5.41, 5.74) is 7.16. The van der Waals surface area contributed by atoms with Crippen molar-refractivity contribution < 1.29 is 4.74 Å². The highest BCUT2D eigenvalue weighted by Gasteiger charge is 2.05. The first kappa shape index (κ1) is 12.1. The van der Waals surface area contributed by atoms with Gasteiger partial charge in [0.2, 0.25) is 5.88 Å². The van der Waals surface area contributed by atoms with Gasteiger partial charge in [0.25, 0.3) is 0 Å². The first-order chi connectivity index (χ1) is 8.70. The lowest BCUT2D eigenvalue weighted by Crippen LogP contribution is -2.05. The number of benzene rings is 1. The molecule has 0 bridgehead atoms. The van der Waals surface area contributed by atoms with Gasteiger partial charge in [-0.1, -0.05) is 18.2 Å². The summed E-state index contributed by atoms with van der Waals surface area (Å²) in [6, 6.07) is 12.7. The van der Waals surface area contributed by atoms with Crippen LogP contribution in [0.2, 0.25) is 0 Å². The summed E-state index contributed by atoms with van der Waals surface area (Å²) in [5.74, 6) is 0.947. The molecule has 0 unspecified atom stereocenters. The van der Waals surface area contributed by atoms with Gasteiger partial charge in [-0.15, -0.1) is 0 Å². The van der Waals surface area contributed by atoms with Crippen molar-refractivity contribution in [3.63, 3.8) is 0 Å². The van der Waals surface area contributed by atoms with E-state index in [1.165, 1.54) is 0 Å². The molecule has 2 aromatic rings. The Morgan fingerprint density at radius 3 is 2.67 bits per heavy atom. The fourth-order valence-electron chi connectivity index (χ4n) is 1.48. The summed E-state index contributed by atoms with van der Waals surface area (Å²) < 4.78 is 5.56. The molecule has 0 saturated heterocycles. The van der Waals surface area contributed by atoms with E-state index in [2.05, 4.69) is 11.1 Å². The van der Waals surface area contributed by atoms with Gasteiger partial charge >= 0.3 is 0 Å². The summed E-state index contributed by atoms with van der Waals surface area (Å²) in [5, 5.41) is 8.95. The van der Waals surface area contributed by atoms with Crippen LogP contribution < -0.4 is 10.5 Å². The number of nitriles is 1. The number of pyridine rings is 1. The van der Waals surface area contributed by atoms with E-state index in [-0.39, 0.29) is 6.04 Å².